The molecule has 0 aliphatic heterocycles. The number of anilines is 1. The second kappa shape index (κ2) is 6.83. The lowest BCUT2D eigenvalue weighted by atomic mass is 10.1. The third kappa shape index (κ3) is 3.20. The largest absolute Gasteiger partial charge is 0.355 e. The molecule has 2 aromatic carbocycles. The summed E-state index contributed by atoms with van der Waals surface area (Å²) >= 11 is 0. The van der Waals surface area contributed by atoms with Gasteiger partial charge in [0.05, 0.1) is 11.3 Å². The Labute approximate surface area is 139 Å². The molecule has 0 aliphatic rings. The monoisotopic (exact) mass is 319 g/mol. The number of rotatable bonds is 4. The van der Waals surface area contributed by atoms with Crippen LogP contribution in [0.3, 0.4) is 0 Å². The highest BCUT2D eigenvalue weighted by molar-refractivity contribution is 6.09. The van der Waals surface area contributed by atoms with Gasteiger partial charge in [-0.1, -0.05) is 18.2 Å². The van der Waals surface area contributed by atoms with Crippen molar-refractivity contribution >= 4 is 17.5 Å². The van der Waals surface area contributed by atoms with Gasteiger partial charge in [0.1, 0.15) is 0 Å². The fraction of sp³-hybridized carbons (Fsp3) is 0.0526. The molecule has 120 valence electrons. The number of nitrogens with one attached hydrogen (secondary N) is 2. The molecule has 3 rings (SSSR count). The SMILES string of the molecule is CNC(=O)c1ccccc1NC(=O)c1cccc(-n2cccc2)c1. The van der Waals surface area contributed by atoms with E-state index in [1.807, 2.05) is 41.2 Å². The van der Waals surface area contributed by atoms with Crippen LogP contribution in [0.1, 0.15) is 20.7 Å². The Bertz CT molecular complexity index is 870. The standard InChI is InChI=1S/C19H17N3O2/c1-20-19(24)16-9-2-3-10-17(16)21-18(23)14-7-6-8-15(13-14)22-11-4-5-12-22/h2-13H,1H3,(H,20,24)(H,21,23). The molecule has 0 unspecified atom stereocenters. The number of carbonyl (C=O) groups excluding carboxylic acids is 2. The maximum absolute atomic E-state index is 12.5. The van der Waals surface area contributed by atoms with Crippen LogP contribution in [0, 0.1) is 0 Å². The normalized spacial score (nSPS) is 10.2. The average molecular weight is 319 g/mol. The van der Waals surface area contributed by atoms with E-state index in [1.165, 1.54) is 0 Å². The summed E-state index contributed by atoms with van der Waals surface area (Å²) in [5.41, 5.74) is 2.32. The molecule has 0 saturated carbocycles. The van der Waals surface area contributed by atoms with Crippen LogP contribution in [0.15, 0.2) is 73.1 Å². The lowest BCUT2D eigenvalue weighted by Crippen LogP contribution is -2.21. The molecule has 0 fully saturated rings. The number of aromatic nitrogens is 1. The molecule has 0 aliphatic carbocycles. The first-order valence-corrected chi connectivity index (χ1v) is 7.55. The van der Waals surface area contributed by atoms with E-state index in [1.54, 1.807) is 43.4 Å². The summed E-state index contributed by atoms with van der Waals surface area (Å²) < 4.78 is 1.93. The Morgan fingerprint density at radius 1 is 0.875 bits per heavy atom. The number of carbonyl (C=O) groups is 2. The van der Waals surface area contributed by atoms with E-state index in [9.17, 15) is 9.59 Å². The van der Waals surface area contributed by atoms with Crippen molar-refractivity contribution in [3.05, 3.63) is 84.2 Å². The molecule has 1 heterocycles. The predicted octanol–water partition coefficient (Wildman–Crippen LogP) is 3.09. The highest BCUT2D eigenvalue weighted by atomic mass is 16.2. The minimum absolute atomic E-state index is 0.244. The number of nitrogens with zero attached hydrogens (tertiary/aromatic N) is 1. The second-order valence-electron chi connectivity index (χ2n) is 5.22. The first-order valence-electron chi connectivity index (χ1n) is 7.55. The summed E-state index contributed by atoms with van der Waals surface area (Å²) in [6.45, 7) is 0. The van der Waals surface area contributed by atoms with Crippen LogP contribution in [0.2, 0.25) is 0 Å². The maximum Gasteiger partial charge on any atom is 0.255 e. The summed E-state index contributed by atoms with van der Waals surface area (Å²) in [5.74, 6) is -0.507. The van der Waals surface area contributed by atoms with Crippen LogP contribution in [0.25, 0.3) is 5.69 Å². The zero-order valence-corrected chi connectivity index (χ0v) is 13.2. The van der Waals surface area contributed by atoms with Crippen LogP contribution < -0.4 is 10.6 Å². The molecule has 24 heavy (non-hydrogen) atoms. The van der Waals surface area contributed by atoms with E-state index in [4.69, 9.17) is 0 Å². The summed E-state index contributed by atoms with van der Waals surface area (Å²) in [6, 6.07) is 18.1. The van der Waals surface area contributed by atoms with E-state index in [0.29, 0.717) is 16.8 Å². The van der Waals surface area contributed by atoms with E-state index in [2.05, 4.69) is 10.6 Å². The molecule has 5 nitrogen and oxygen atoms in total. The smallest absolute Gasteiger partial charge is 0.255 e. The van der Waals surface area contributed by atoms with Crippen molar-refractivity contribution in [2.45, 2.75) is 0 Å². The summed E-state index contributed by atoms with van der Waals surface area (Å²) in [6.07, 6.45) is 3.83. The molecule has 0 atom stereocenters. The average Bonchev–Trinajstić information content (AvgIpc) is 3.16. The lowest BCUT2D eigenvalue weighted by molar-refractivity contribution is 0.0964. The zero-order valence-electron chi connectivity index (χ0n) is 13.2. The van der Waals surface area contributed by atoms with Gasteiger partial charge in [-0.05, 0) is 42.5 Å². The molecular weight excluding hydrogens is 302 g/mol. The zero-order chi connectivity index (χ0) is 16.9. The van der Waals surface area contributed by atoms with Crippen LogP contribution in [0.4, 0.5) is 5.69 Å². The molecular formula is C19H17N3O2. The summed E-state index contributed by atoms with van der Waals surface area (Å²) in [5, 5.41) is 5.37. The highest BCUT2D eigenvalue weighted by Crippen LogP contribution is 2.17. The number of hydrogen-bond acceptors (Lipinski definition) is 2. The Kier molecular flexibility index (Phi) is 4.43. The summed E-state index contributed by atoms with van der Waals surface area (Å²) in [4.78, 5) is 24.4. The van der Waals surface area contributed by atoms with Gasteiger partial charge in [0.15, 0.2) is 0 Å². The molecule has 0 radical (unpaired) electrons. The van der Waals surface area contributed by atoms with E-state index in [-0.39, 0.29) is 11.8 Å². The third-order valence-electron chi connectivity index (χ3n) is 3.66. The van der Waals surface area contributed by atoms with E-state index in [0.717, 1.165) is 5.69 Å². The van der Waals surface area contributed by atoms with E-state index >= 15 is 0 Å². The first kappa shape index (κ1) is 15.6. The molecule has 1 aromatic heterocycles. The van der Waals surface area contributed by atoms with Gasteiger partial charge in [-0.25, -0.2) is 0 Å². The Morgan fingerprint density at radius 2 is 1.62 bits per heavy atom. The van der Waals surface area contributed by atoms with Crippen molar-refractivity contribution in [3.8, 4) is 5.69 Å². The summed E-state index contributed by atoms with van der Waals surface area (Å²) in [7, 11) is 1.56. The Hall–Kier alpha value is -3.34. The van der Waals surface area contributed by atoms with Gasteiger partial charge in [0, 0.05) is 30.7 Å². The van der Waals surface area contributed by atoms with Crippen molar-refractivity contribution in [3.63, 3.8) is 0 Å². The van der Waals surface area contributed by atoms with Crippen LogP contribution in [-0.4, -0.2) is 23.4 Å². The number of benzene rings is 2. The molecule has 3 aromatic rings. The maximum atomic E-state index is 12.5. The fourth-order valence-electron chi connectivity index (χ4n) is 2.43. The van der Waals surface area contributed by atoms with Gasteiger partial charge in [0.25, 0.3) is 11.8 Å². The third-order valence-corrected chi connectivity index (χ3v) is 3.66. The van der Waals surface area contributed by atoms with Crippen molar-refractivity contribution in [2.75, 3.05) is 12.4 Å². The van der Waals surface area contributed by atoms with Gasteiger partial charge in [0.2, 0.25) is 0 Å². The molecule has 2 N–H and O–H groups in total. The van der Waals surface area contributed by atoms with Gasteiger partial charge in [-0.15, -0.1) is 0 Å². The fourth-order valence-corrected chi connectivity index (χ4v) is 2.43. The molecule has 0 bridgehead atoms. The van der Waals surface area contributed by atoms with Gasteiger partial charge < -0.3 is 15.2 Å². The number of hydrogen-bond donors (Lipinski definition) is 2. The second-order valence-corrected chi connectivity index (χ2v) is 5.22. The van der Waals surface area contributed by atoms with Crippen LogP contribution in [0.5, 0.6) is 0 Å². The molecule has 0 spiro atoms. The van der Waals surface area contributed by atoms with E-state index < -0.39 is 0 Å². The highest BCUT2D eigenvalue weighted by Gasteiger charge is 2.13. The van der Waals surface area contributed by atoms with Crippen molar-refractivity contribution in [1.82, 2.24) is 9.88 Å². The quantitative estimate of drug-likeness (QED) is 0.776. The van der Waals surface area contributed by atoms with Crippen molar-refractivity contribution in [1.29, 1.82) is 0 Å². The topological polar surface area (TPSA) is 63.1 Å². The minimum atomic E-state index is -0.264. The predicted molar refractivity (Wildman–Crippen MR) is 93.6 cm³/mol. The number of amides is 2. The molecule has 5 heteroatoms. The van der Waals surface area contributed by atoms with Crippen LogP contribution in [-0.2, 0) is 0 Å². The van der Waals surface area contributed by atoms with Gasteiger partial charge in [-0.3, -0.25) is 9.59 Å². The van der Waals surface area contributed by atoms with Crippen LogP contribution >= 0.6 is 0 Å². The first-order chi connectivity index (χ1) is 11.7. The minimum Gasteiger partial charge on any atom is -0.355 e. The number of para-hydroxylation sites is 1. The Balaban J connectivity index is 1.86. The van der Waals surface area contributed by atoms with Gasteiger partial charge in [-0.2, -0.15) is 0 Å². The Morgan fingerprint density at radius 3 is 2.38 bits per heavy atom. The van der Waals surface area contributed by atoms with Gasteiger partial charge >= 0.3 is 0 Å². The molecule has 0 saturated heterocycles. The van der Waals surface area contributed by atoms with Crippen molar-refractivity contribution < 1.29 is 9.59 Å². The lowest BCUT2D eigenvalue weighted by Gasteiger charge is -2.11. The van der Waals surface area contributed by atoms with Crippen molar-refractivity contribution in [2.24, 2.45) is 0 Å². The molecule has 2 amide bonds.